The average Bonchev–Trinajstić information content (AvgIpc) is 3.09. The molecule has 2 nitrogen and oxygen atoms in total. The average molecular weight is 567 g/mol. The van der Waals surface area contributed by atoms with Gasteiger partial charge in [-0.2, -0.15) is 0 Å². The highest BCUT2D eigenvalue weighted by Crippen LogP contribution is 2.47. The number of aliphatic hydroxyl groups excluding tert-OH is 1. The molecule has 0 spiro atoms. The summed E-state index contributed by atoms with van der Waals surface area (Å²) in [5.74, 6) is 0.767. The molecular formula is C42H30O2. The van der Waals surface area contributed by atoms with E-state index in [0.717, 1.165) is 44.2 Å². The topological polar surface area (TPSA) is 29.5 Å². The first-order valence-electron chi connectivity index (χ1n) is 15.1. The highest BCUT2D eigenvalue weighted by Gasteiger charge is 2.20. The lowest BCUT2D eigenvalue weighted by molar-refractivity contribution is 0.202. The molecule has 8 aromatic rings. The van der Waals surface area contributed by atoms with Crippen LogP contribution >= 0.6 is 0 Å². The summed E-state index contributed by atoms with van der Waals surface area (Å²) in [5.41, 5.74) is 6.85. The molecule has 0 heterocycles. The van der Waals surface area contributed by atoms with Gasteiger partial charge in [0.05, 0.1) is 6.61 Å². The van der Waals surface area contributed by atoms with Crippen molar-refractivity contribution in [2.75, 3.05) is 13.2 Å². The summed E-state index contributed by atoms with van der Waals surface area (Å²) >= 11 is 0. The van der Waals surface area contributed by atoms with Crippen molar-refractivity contribution in [3.63, 3.8) is 0 Å². The highest BCUT2D eigenvalue weighted by atomic mass is 16.5. The van der Waals surface area contributed by atoms with Crippen molar-refractivity contribution in [2.24, 2.45) is 0 Å². The van der Waals surface area contributed by atoms with Gasteiger partial charge < -0.3 is 9.84 Å². The first-order chi connectivity index (χ1) is 21.8. The molecular weight excluding hydrogens is 536 g/mol. The summed E-state index contributed by atoms with van der Waals surface area (Å²) in [6.07, 6.45) is 0. The lowest BCUT2D eigenvalue weighted by atomic mass is 9.86. The van der Waals surface area contributed by atoms with Gasteiger partial charge in [-0.25, -0.2) is 0 Å². The maximum Gasteiger partial charge on any atom is 0.128 e. The molecule has 0 aromatic heterocycles. The maximum atomic E-state index is 9.83. The van der Waals surface area contributed by atoms with Crippen LogP contribution in [0.3, 0.4) is 0 Å². The molecule has 0 atom stereocenters. The predicted octanol–water partition coefficient (Wildman–Crippen LogP) is 10.7. The van der Waals surface area contributed by atoms with Crippen molar-refractivity contribution in [3.05, 3.63) is 152 Å². The molecule has 0 aliphatic carbocycles. The third kappa shape index (κ3) is 4.31. The Hall–Kier alpha value is -5.44. The molecule has 0 fully saturated rings. The zero-order valence-corrected chi connectivity index (χ0v) is 24.2. The van der Waals surface area contributed by atoms with Crippen LogP contribution in [0.1, 0.15) is 0 Å². The van der Waals surface area contributed by atoms with E-state index in [0.29, 0.717) is 0 Å². The predicted molar refractivity (Wildman–Crippen MR) is 185 cm³/mol. The van der Waals surface area contributed by atoms with Crippen LogP contribution in [-0.4, -0.2) is 18.3 Å². The molecule has 2 heteroatoms. The molecule has 210 valence electrons. The van der Waals surface area contributed by atoms with Crippen molar-refractivity contribution >= 4 is 43.1 Å². The monoisotopic (exact) mass is 566 g/mol. The summed E-state index contributed by atoms with van der Waals surface area (Å²) in [4.78, 5) is 0. The summed E-state index contributed by atoms with van der Waals surface area (Å²) < 4.78 is 6.39. The number of fused-ring (bicyclic) bond motifs is 4. The normalized spacial score (nSPS) is 11.5. The third-order valence-electron chi connectivity index (χ3n) is 8.71. The number of rotatable bonds is 6. The SMILES string of the molecule is OCCOc1cc(-c2cccc3ccccc23)c2ccccc2c1-c1ccc(-c2cccc3ccccc23)c2ccccc12. The van der Waals surface area contributed by atoms with Crippen LogP contribution in [0, 0.1) is 0 Å². The Morgan fingerprint density at radius 2 is 0.818 bits per heavy atom. The van der Waals surface area contributed by atoms with Gasteiger partial charge in [0.2, 0.25) is 0 Å². The van der Waals surface area contributed by atoms with Crippen molar-refractivity contribution in [1.82, 2.24) is 0 Å². The molecule has 0 radical (unpaired) electrons. The van der Waals surface area contributed by atoms with Crippen LogP contribution in [0.4, 0.5) is 0 Å². The Balaban J connectivity index is 1.43. The molecule has 44 heavy (non-hydrogen) atoms. The van der Waals surface area contributed by atoms with E-state index in [1.165, 1.54) is 38.1 Å². The number of benzene rings is 8. The molecule has 8 rings (SSSR count). The largest absolute Gasteiger partial charge is 0.491 e. The summed E-state index contributed by atoms with van der Waals surface area (Å²) in [6, 6.07) is 54.0. The molecule has 0 aliphatic heterocycles. The van der Waals surface area contributed by atoms with Gasteiger partial charge in [0.15, 0.2) is 0 Å². The van der Waals surface area contributed by atoms with Crippen molar-refractivity contribution < 1.29 is 9.84 Å². The zero-order chi connectivity index (χ0) is 29.5. The van der Waals surface area contributed by atoms with E-state index >= 15 is 0 Å². The molecule has 0 bridgehead atoms. The zero-order valence-electron chi connectivity index (χ0n) is 24.2. The van der Waals surface area contributed by atoms with Gasteiger partial charge in [0, 0.05) is 5.56 Å². The lowest BCUT2D eigenvalue weighted by Gasteiger charge is -2.20. The maximum absolute atomic E-state index is 9.83. The van der Waals surface area contributed by atoms with Gasteiger partial charge in [-0.1, -0.05) is 146 Å². The summed E-state index contributed by atoms with van der Waals surface area (Å²) in [7, 11) is 0. The first-order valence-corrected chi connectivity index (χ1v) is 15.1. The lowest BCUT2D eigenvalue weighted by Crippen LogP contribution is -2.04. The van der Waals surface area contributed by atoms with Crippen LogP contribution in [0.15, 0.2) is 152 Å². The number of hydrogen-bond donors (Lipinski definition) is 1. The smallest absolute Gasteiger partial charge is 0.128 e. The Labute approximate surface area is 256 Å². The second-order valence-electron chi connectivity index (χ2n) is 11.2. The quantitative estimate of drug-likeness (QED) is 0.217. The van der Waals surface area contributed by atoms with Crippen LogP contribution in [-0.2, 0) is 0 Å². The Bertz CT molecular complexity index is 2320. The molecule has 0 amide bonds. The second-order valence-corrected chi connectivity index (χ2v) is 11.2. The van der Waals surface area contributed by atoms with E-state index < -0.39 is 0 Å². The van der Waals surface area contributed by atoms with Gasteiger partial charge in [0.1, 0.15) is 12.4 Å². The van der Waals surface area contributed by atoms with E-state index in [-0.39, 0.29) is 13.2 Å². The molecule has 0 saturated heterocycles. The standard InChI is InChI=1S/C42H30O2/c43-25-26-44-41-27-40(33-22-10-14-29-12-2-4-16-31(29)33)36-19-7-8-20-38(36)42(41)39-24-23-37(34-17-5-6-18-35(34)39)32-21-9-13-28-11-1-3-15-30(28)32/h1-24,27,43H,25-26H2. The van der Waals surface area contributed by atoms with E-state index in [1.807, 2.05) is 0 Å². The van der Waals surface area contributed by atoms with Gasteiger partial charge in [0.25, 0.3) is 0 Å². The van der Waals surface area contributed by atoms with Crippen LogP contribution in [0.2, 0.25) is 0 Å². The fourth-order valence-corrected chi connectivity index (χ4v) is 6.79. The van der Waals surface area contributed by atoms with Gasteiger partial charge >= 0.3 is 0 Å². The number of hydrogen-bond acceptors (Lipinski definition) is 2. The molecule has 0 saturated carbocycles. The fourth-order valence-electron chi connectivity index (χ4n) is 6.79. The number of aliphatic hydroxyl groups is 1. The minimum absolute atomic E-state index is 0.0589. The van der Waals surface area contributed by atoms with Crippen molar-refractivity contribution in [3.8, 4) is 39.1 Å². The number of ether oxygens (including phenoxy) is 1. The van der Waals surface area contributed by atoms with E-state index in [9.17, 15) is 5.11 Å². The van der Waals surface area contributed by atoms with Gasteiger partial charge in [-0.05, 0) is 77.0 Å². The van der Waals surface area contributed by atoms with Crippen molar-refractivity contribution in [2.45, 2.75) is 0 Å². The highest BCUT2D eigenvalue weighted by molar-refractivity contribution is 6.16. The fraction of sp³-hybridized carbons (Fsp3) is 0.0476. The van der Waals surface area contributed by atoms with E-state index in [1.54, 1.807) is 0 Å². The van der Waals surface area contributed by atoms with Crippen LogP contribution < -0.4 is 4.74 Å². The summed E-state index contributed by atoms with van der Waals surface area (Å²) in [5, 5.41) is 19.3. The Kier molecular flexibility index (Phi) is 6.55. The van der Waals surface area contributed by atoms with Crippen molar-refractivity contribution in [1.29, 1.82) is 0 Å². The Morgan fingerprint density at radius 1 is 0.386 bits per heavy atom. The van der Waals surface area contributed by atoms with Crippen LogP contribution in [0.25, 0.3) is 76.5 Å². The minimum Gasteiger partial charge on any atom is -0.491 e. The second kappa shape index (κ2) is 11.0. The molecule has 0 aliphatic rings. The third-order valence-corrected chi connectivity index (χ3v) is 8.71. The first kappa shape index (κ1) is 26.2. The molecule has 0 unspecified atom stereocenters. The Morgan fingerprint density at radius 3 is 1.43 bits per heavy atom. The minimum atomic E-state index is -0.0589. The van der Waals surface area contributed by atoms with Gasteiger partial charge in [-0.15, -0.1) is 0 Å². The van der Waals surface area contributed by atoms with E-state index in [4.69, 9.17) is 4.74 Å². The van der Waals surface area contributed by atoms with Gasteiger partial charge in [-0.3, -0.25) is 0 Å². The van der Waals surface area contributed by atoms with Crippen LogP contribution in [0.5, 0.6) is 5.75 Å². The summed E-state index contributed by atoms with van der Waals surface area (Å²) in [6.45, 7) is 0.156. The molecule has 8 aromatic carbocycles. The van der Waals surface area contributed by atoms with E-state index in [2.05, 4.69) is 152 Å². The molecule has 1 N–H and O–H groups in total.